The monoisotopic (exact) mass is 238 g/mol. The minimum Gasteiger partial charge on any atom is -0.492 e. The van der Waals surface area contributed by atoms with E-state index in [-0.39, 0.29) is 5.91 Å². The maximum absolute atomic E-state index is 11.3. The third-order valence-electron chi connectivity index (χ3n) is 2.27. The number of hydrogen-bond acceptors (Lipinski definition) is 4. The molecule has 17 heavy (non-hydrogen) atoms. The molecule has 0 saturated heterocycles. The number of methoxy groups -OCH3 is 1. The van der Waals surface area contributed by atoms with Gasteiger partial charge in [-0.1, -0.05) is 0 Å². The van der Waals surface area contributed by atoms with E-state index in [1.807, 2.05) is 0 Å². The minimum absolute atomic E-state index is 0.145. The first-order valence-electron chi connectivity index (χ1n) is 5.42. The number of carbonyl (C=O) groups is 1. The van der Waals surface area contributed by atoms with Gasteiger partial charge in [0.15, 0.2) is 0 Å². The Morgan fingerprint density at radius 1 is 1.41 bits per heavy atom. The Kier molecular flexibility index (Phi) is 5.29. The van der Waals surface area contributed by atoms with Crippen LogP contribution in [-0.2, 0) is 9.53 Å². The van der Waals surface area contributed by atoms with Crippen LogP contribution in [0.1, 0.15) is 6.92 Å². The molecule has 1 amide bonds. The number of benzene rings is 1. The van der Waals surface area contributed by atoms with Crippen molar-refractivity contribution in [3.8, 4) is 5.75 Å². The number of anilines is 1. The van der Waals surface area contributed by atoms with Crippen molar-refractivity contribution in [1.29, 1.82) is 0 Å². The summed E-state index contributed by atoms with van der Waals surface area (Å²) in [5, 5.41) is 2.70. The highest BCUT2D eigenvalue weighted by Crippen LogP contribution is 2.12. The molecule has 5 nitrogen and oxygen atoms in total. The van der Waals surface area contributed by atoms with E-state index in [4.69, 9.17) is 15.2 Å². The summed E-state index contributed by atoms with van der Waals surface area (Å²) in [6.07, 6.45) is -0.438. The average molecular weight is 238 g/mol. The molecule has 0 bridgehead atoms. The van der Waals surface area contributed by atoms with Crippen LogP contribution >= 0.6 is 0 Å². The van der Waals surface area contributed by atoms with E-state index >= 15 is 0 Å². The van der Waals surface area contributed by atoms with Crippen LogP contribution in [0.3, 0.4) is 0 Å². The molecule has 1 aromatic carbocycles. The van der Waals surface area contributed by atoms with Gasteiger partial charge in [-0.05, 0) is 31.2 Å². The standard InChI is InChI=1S/C12H18N2O3/c1-9(16-2)12(15)14-7-8-17-11-5-3-10(13)4-6-11/h3-6,9H,7-8,13H2,1-2H3,(H,14,15). The lowest BCUT2D eigenvalue weighted by molar-refractivity contribution is -0.130. The maximum atomic E-state index is 11.3. The van der Waals surface area contributed by atoms with Crippen molar-refractivity contribution < 1.29 is 14.3 Å². The third kappa shape index (κ3) is 4.74. The van der Waals surface area contributed by atoms with Crippen LogP contribution in [0.4, 0.5) is 5.69 Å². The van der Waals surface area contributed by atoms with Gasteiger partial charge < -0.3 is 20.5 Å². The first-order valence-corrected chi connectivity index (χ1v) is 5.42. The Morgan fingerprint density at radius 2 is 2.06 bits per heavy atom. The van der Waals surface area contributed by atoms with Crippen molar-refractivity contribution in [3.05, 3.63) is 24.3 Å². The van der Waals surface area contributed by atoms with Gasteiger partial charge in [0.1, 0.15) is 18.5 Å². The molecule has 5 heteroatoms. The van der Waals surface area contributed by atoms with Crippen LogP contribution in [0.5, 0.6) is 5.75 Å². The summed E-state index contributed by atoms with van der Waals surface area (Å²) in [5.74, 6) is 0.585. The first-order chi connectivity index (χ1) is 8.13. The summed E-state index contributed by atoms with van der Waals surface area (Å²) in [6.45, 7) is 2.54. The van der Waals surface area contributed by atoms with Crippen LogP contribution in [0, 0.1) is 0 Å². The van der Waals surface area contributed by atoms with Gasteiger partial charge in [0.2, 0.25) is 5.91 Å². The second kappa shape index (κ2) is 6.75. The van der Waals surface area contributed by atoms with Crippen molar-refractivity contribution in [2.24, 2.45) is 0 Å². The van der Waals surface area contributed by atoms with E-state index in [1.54, 1.807) is 31.2 Å². The number of carbonyl (C=O) groups excluding carboxylic acids is 1. The van der Waals surface area contributed by atoms with E-state index in [0.717, 1.165) is 5.75 Å². The zero-order chi connectivity index (χ0) is 12.7. The Morgan fingerprint density at radius 3 is 2.65 bits per heavy atom. The summed E-state index contributed by atoms with van der Waals surface area (Å²) >= 11 is 0. The predicted octanol–water partition coefficient (Wildman–Crippen LogP) is 0.799. The van der Waals surface area contributed by atoms with Crippen molar-refractivity contribution in [3.63, 3.8) is 0 Å². The number of nitrogens with one attached hydrogen (secondary N) is 1. The second-order valence-electron chi connectivity index (χ2n) is 3.59. The SMILES string of the molecule is COC(C)C(=O)NCCOc1ccc(N)cc1. The molecule has 0 spiro atoms. The number of nitrogens with two attached hydrogens (primary N) is 1. The number of rotatable bonds is 6. The van der Waals surface area contributed by atoms with Gasteiger partial charge in [-0.25, -0.2) is 0 Å². The second-order valence-corrected chi connectivity index (χ2v) is 3.59. The smallest absolute Gasteiger partial charge is 0.248 e. The Balaban J connectivity index is 2.20. The lowest BCUT2D eigenvalue weighted by Gasteiger charge is -2.11. The molecule has 0 aliphatic rings. The molecule has 1 unspecified atom stereocenters. The molecule has 1 aromatic rings. The maximum Gasteiger partial charge on any atom is 0.248 e. The highest BCUT2D eigenvalue weighted by atomic mass is 16.5. The van der Waals surface area contributed by atoms with Gasteiger partial charge in [-0.2, -0.15) is 0 Å². The third-order valence-corrected chi connectivity index (χ3v) is 2.27. The van der Waals surface area contributed by atoms with Crippen molar-refractivity contribution in [2.75, 3.05) is 26.0 Å². The lowest BCUT2D eigenvalue weighted by atomic mass is 10.3. The molecule has 1 atom stereocenters. The largest absolute Gasteiger partial charge is 0.492 e. The summed E-state index contributed by atoms with van der Waals surface area (Å²) in [7, 11) is 1.50. The van der Waals surface area contributed by atoms with Crippen LogP contribution in [0.2, 0.25) is 0 Å². The normalized spacial score (nSPS) is 11.9. The highest BCUT2D eigenvalue weighted by molar-refractivity contribution is 5.80. The Bertz CT molecular complexity index is 351. The Hall–Kier alpha value is -1.75. The Labute approximate surface area is 101 Å². The highest BCUT2D eigenvalue weighted by Gasteiger charge is 2.09. The minimum atomic E-state index is -0.438. The van der Waals surface area contributed by atoms with Gasteiger partial charge in [0, 0.05) is 12.8 Å². The van der Waals surface area contributed by atoms with Gasteiger partial charge >= 0.3 is 0 Å². The van der Waals surface area contributed by atoms with E-state index in [9.17, 15) is 4.79 Å². The number of amides is 1. The fourth-order valence-electron chi connectivity index (χ4n) is 1.16. The summed E-state index contributed by atoms with van der Waals surface area (Å²) < 4.78 is 10.3. The van der Waals surface area contributed by atoms with E-state index in [1.165, 1.54) is 7.11 Å². The quantitative estimate of drug-likeness (QED) is 0.568. The van der Waals surface area contributed by atoms with Gasteiger partial charge in [-0.3, -0.25) is 4.79 Å². The van der Waals surface area contributed by atoms with Gasteiger partial charge in [0.05, 0.1) is 6.54 Å². The van der Waals surface area contributed by atoms with E-state index in [2.05, 4.69) is 5.32 Å². The van der Waals surface area contributed by atoms with Crippen molar-refractivity contribution in [2.45, 2.75) is 13.0 Å². The molecule has 0 radical (unpaired) electrons. The lowest BCUT2D eigenvalue weighted by Crippen LogP contribution is -2.36. The van der Waals surface area contributed by atoms with Gasteiger partial charge in [0.25, 0.3) is 0 Å². The molecule has 0 fully saturated rings. The zero-order valence-corrected chi connectivity index (χ0v) is 10.1. The molecule has 0 aliphatic heterocycles. The summed E-state index contributed by atoms with van der Waals surface area (Å²) in [5.41, 5.74) is 6.24. The topological polar surface area (TPSA) is 73.6 Å². The molecule has 0 aliphatic carbocycles. The molecular weight excluding hydrogens is 220 g/mol. The summed E-state index contributed by atoms with van der Waals surface area (Å²) in [4.78, 5) is 11.3. The fourth-order valence-corrected chi connectivity index (χ4v) is 1.16. The molecule has 94 valence electrons. The molecule has 0 aromatic heterocycles. The first kappa shape index (κ1) is 13.3. The predicted molar refractivity (Wildman–Crippen MR) is 65.8 cm³/mol. The van der Waals surface area contributed by atoms with Crippen LogP contribution in [0.15, 0.2) is 24.3 Å². The molecule has 3 N–H and O–H groups in total. The number of ether oxygens (including phenoxy) is 2. The van der Waals surface area contributed by atoms with Crippen molar-refractivity contribution >= 4 is 11.6 Å². The molecular formula is C12H18N2O3. The van der Waals surface area contributed by atoms with Crippen LogP contribution in [0.25, 0.3) is 0 Å². The summed E-state index contributed by atoms with van der Waals surface area (Å²) in [6, 6.07) is 7.10. The van der Waals surface area contributed by atoms with E-state index in [0.29, 0.717) is 18.8 Å². The zero-order valence-electron chi connectivity index (χ0n) is 10.1. The average Bonchev–Trinajstić information content (AvgIpc) is 2.35. The van der Waals surface area contributed by atoms with Crippen molar-refractivity contribution in [1.82, 2.24) is 5.32 Å². The fraction of sp³-hybridized carbons (Fsp3) is 0.417. The van der Waals surface area contributed by atoms with Gasteiger partial charge in [-0.15, -0.1) is 0 Å². The van der Waals surface area contributed by atoms with Crippen LogP contribution in [-0.4, -0.2) is 32.3 Å². The van der Waals surface area contributed by atoms with E-state index < -0.39 is 6.10 Å². The van der Waals surface area contributed by atoms with Crippen LogP contribution < -0.4 is 15.8 Å². The number of nitrogen functional groups attached to an aromatic ring is 1. The molecule has 0 saturated carbocycles. The molecule has 0 heterocycles. The molecule has 1 rings (SSSR count). The number of hydrogen-bond donors (Lipinski definition) is 2.